The van der Waals surface area contributed by atoms with Gasteiger partial charge in [0.05, 0.1) is 0 Å². The summed E-state index contributed by atoms with van der Waals surface area (Å²) in [7, 11) is 0. The monoisotopic (exact) mass is 265 g/mol. The summed E-state index contributed by atoms with van der Waals surface area (Å²) >= 11 is 0. The first-order valence-electron chi connectivity index (χ1n) is 7.57. The molecule has 0 heterocycles. The molecule has 2 heteroatoms. The van der Waals surface area contributed by atoms with Crippen LogP contribution in [0, 0.1) is 17.7 Å². The lowest BCUT2D eigenvalue weighted by Gasteiger charge is -2.18. The summed E-state index contributed by atoms with van der Waals surface area (Å²) < 4.78 is 13.2. The van der Waals surface area contributed by atoms with Crippen LogP contribution in [-0.4, -0.2) is 13.1 Å². The molecule has 1 unspecified atom stereocenters. The lowest BCUT2D eigenvalue weighted by molar-refractivity contribution is 0.413. The molecule has 0 aliphatic carbocycles. The molecule has 108 valence electrons. The molecule has 0 radical (unpaired) electrons. The van der Waals surface area contributed by atoms with Gasteiger partial charge >= 0.3 is 0 Å². The van der Waals surface area contributed by atoms with Crippen molar-refractivity contribution < 1.29 is 4.39 Å². The first kappa shape index (κ1) is 16.2. The molecule has 0 aliphatic rings. The van der Waals surface area contributed by atoms with Crippen LogP contribution in [0.25, 0.3) is 0 Å². The summed E-state index contributed by atoms with van der Waals surface area (Å²) in [6, 6.07) is 7.02. The lowest BCUT2D eigenvalue weighted by atomic mass is 9.94. The molecule has 0 saturated carbocycles. The van der Waals surface area contributed by atoms with Gasteiger partial charge in [-0.1, -0.05) is 45.7 Å². The van der Waals surface area contributed by atoms with E-state index in [0.717, 1.165) is 25.1 Å². The zero-order valence-corrected chi connectivity index (χ0v) is 12.6. The lowest BCUT2D eigenvalue weighted by Crippen LogP contribution is -2.27. The molecular weight excluding hydrogens is 237 g/mol. The van der Waals surface area contributed by atoms with Crippen molar-refractivity contribution in [1.82, 2.24) is 5.32 Å². The van der Waals surface area contributed by atoms with Crippen LogP contribution in [0.15, 0.2) is 24.3 Å². The molecule has 0 bridgehead atoms. The van der Waals surface area contributed by atoms with Crippen LogP contribution in [0.4, 0.5) is 4.39 Å². The van der Waals surface area contributed by atoms with Crippen LogP contribution in [-0.2, 0) is 6.42 Å². The highest BCUT2D eigenvalue weighted by atomic mass is 19.1. The molecule has 1 N–H and O–H groups in total. The number of unbranched alkanes of at least 4 members (excludes halogenated alkanes) is 1. The van der Waals surface area contributed by atoms with E-state index in [0.29, 0.717) is 11.8 Å². The van der Waals surface area contributed by atoms with Crippen molar-refractivity contribution in [3.8, 4) is 0 Å². The fraction of sp³-hybridized carbons (Fsp3) is 0.647. The van der Waals surface area contributed by atoms with E-state index in [1.165, 1.54) is 25.3 Å². The molecule has 1 atom stereocenters. The fourth-order valence-electron chi connectivity index (χ4n) is 2.34. The zero-order valence-electron chi connectivity index (χ0n) is 12.6. The molecule has 1 aromatic rings. The Labute approximate surface area is 117 Å². The van der Waals surface area contributed by atoms with E-state index in [1.54, 1.807) is 6.07 Å². The maximum absolute atomic E-state index is 13.2. The van der Waals surface area contributed by atoms with Crippen LogP contribution < -0.4 is 5.32 Å². The third-order valence-corrected chi connectivity index (χ3v) is 3.36. The first-order chi connectivity index (χ1) is 9.11. The van der Waals surface area contributed by atoms with E-state index < -0.39 is 0 Å². The van der Waals surface area contributed by atoms with Gasteiger partial charge in [0, 0.05) is 0 Å². The first-order valence-corrected chi connectivity index (χ1v) is 7.57. The third kappa shape index (κ3) is 7.31. The second kappa shape index (κ2) is 9.08. The quantitative estimate of drug-likeness (QED) is 0.697. The van der Waals surface area contributed by atoms with Crippen molar-refractivity contribution in [3.63, 3.8) is 0 Å². The van der Waals surface area contributed by atoms with Gasteiger partial charge in [0.1, 0.15) is 5.82 Å². The number of benzene rings is 1. The van der Waals surface area contributed by atoms with Crippen LogP contribution >= 0.6 is 0 Å². The average Bonchev–Trinajstić information content (AvgIpc) is 2.35. The molecule has 1 rings (SSSR count). The molecule has 0 spiro atoms. The van der Waals surface area contributed by atoms with E-state index in [-0.39, 0.29) is 5.82 Å². The average molecular weight is 265 g/mol. The molecule has 0 aromatic heterocycles. The van der Waals surface area contributed by atoms with Crippen molar-refractivity contribution in [2.75, 3.05) is 13.1 Å². The minimum Gasteiger partial charge on any atom is -0.316 e. The van der Waals surface area contributed by atoms with E-state index in [1.807, 2.05) is 12.1 Å². The second-order valence-corrected chi connectivity index (χ2v) is 5.89. The number of halogens is 1. The summed E-state index contributed by atoms with van der Waals surface area (Å²) in [6.07, 6.45) is 4.67. The number of rotatable bonds is 9. The molecule has 0 aliphatic heterocycles. The number of hydrogen-bond donors (Lipinski definition) is 1. The van der Waals surface area contributed by atoms with Crippen molar-refractivity contribution >= 4 is 0 Å². The maximum Gasteiger partial charge on any atom is 0.123 e. The molecule has 1 aromatic carbocycles. The van der Waals surface area contributed by atoms with E-state index in [2.05, 4.69) is 26.1 Å². The van der Waals surface area contributed by atoms with Gasteiger partial charge in [0.2, 0.25) is 0 Å². The van der Waals surface area contributed by atoms with Gasteiger partial charge in [0.15, 0.2) is 0 Å². The number of hydrogen-bond acceptors (Lipinski definition) is 1. The predicted molar refractivity (Wildman–Crippen MR) is 80.8 cm³/mol. The highest BCUT2D eigenvalue weighted by Gasteiger charge is 2.10. The van der Waals surface area contributed by atoms with Crippen LogP contribution in [0.3, 0.4) is 0 Å². The highest BCUT2D eigenvalue weighted by molar-refractivity contribution is 5.16. The van der Waals surface area contributed by atoms with Gasteiger partial charge in [-0.25, -0.2) is 4.39 Å². The Hall–Kier alpha value is -0.890. The Morgan fingerprint density at radius 3 is 2.63 bits per heavy atom. The maximum atomic E-state index is 13.2. The van der Waals surface area contributed by atoms with Crippen molar-refractivity contribution in [3.05, 3.63) is 35.6 Å². The van der Waals surface area contributed by atoms with Gasteiger partial charge in [-0.15, -0.1) is 0 Å². The highest BCUT2D eigenvalue weighted by Crippen LogP contribution is 2.15. The summed E-state index contributed by atoms with van der Waals surface area (Å²) in [5, 5.41) is 3.53. The SMILES string of the molecule is CCCCC(CNCC(C)C)Cc1cccc(F)c1. The summed E-state index contributed by atoms with van der Waals surface area (Å²) in [4.78, 5) is 0. The van der Waals surface area contributed by atoms with Crippen molar-refractivity contribution in [2.24, 2.45) is 11.8 Å². The Kier molecular flexibility index (Phi) is 7.73. The third-order valence-electron chi connectivity index (χ3n) is 3.36. The van der Waals surface area contributed by atoms with Crippen molar-refractivity contribution in [2.45, 2.75) is 46.5 Å². The molecule has 0 amide bonds. The molecule has 1 nitrogen and oxygen atoms in total. The van der Waals surface area contributed by atoms with Crippen LogP contribution in [0.2, 0.25) is 0 Å². The standard InChI is InChI=1S/C17H28FN/c1-4-5-7-16(13-19-12-14(2)3)10-15-8-6-9-17(18)11-15/h6,8-9,11,14,16,19H,4-5,7,10,12-13H2,1-3H3. The smallest absolute Gasteiger partial charge is 0.123 e. The second-order valence-electron chi connectivity index (χ2n) is 5.89. The fourth-order valence-corrected chi connectivity index (χ4v) is 2.34. The minimum atomic E-state index is -0.123. The zero-order chi connectivity index (χ0) is 14.1. The normalized spacial score (nSPS) is 12.9. The van der Waals surface area contributed by atoms with Gasteiger partial charge < -0.3 is 5.32 Å². The van der Waals surface area contributed by atoms with E-state index >= 15 is 0 Å². The van der Waals surface area contributed by atoms with E-state index in [9.17, 15) is 4.39 Å². The van der Waals surface area contributed by atoms with Gasteiger partial charge in [0.25, 0.3) is 0 Å². The minimum absolute atomic E-state index is 0.123. The Morgan fingerprint density at radius 2 is 2.00 bits per heavy atom. The predicted octanol–water partition coefficient (Wildman–Crippen LogP) is 4.42. The van der Waals surface area contributed by atoms with Crippen molar-refractivity contribution in [1.29, 1.82) is 0 Å². The van der Waals surface area contributed by atoms with E-state index in [4.69, 9.17) is 0 Å². The molecule has 0 saturated heterocycles. The van der Waals surface area contributed by atoms with Crippen LogP contribution in [0.5, 0.6) is 0 Å². The summed E-state index contributed by atoms with van der Waals surface area (Å²) in [5.74, 6) is 1.17. The Bertz CT molecular complexity index is 349. The van der Waals surface area contributed by atoms with Crippen LogP contribution in [0.1, 0.15) is 45.6 Å². The van der Waals surface area contributed by atoms with Gasteiger partial charge in [-0.2, -0.15) is 0 Å². The molecule has 19 heavy (non-hydrogen) atoms. The summed E-state index contributed by atoms with van der Waals surface area (Å²) in [6.45, 7) is 8.77. The van der Waals surface area contributed by atoms with Gasteiger partial charge in [-0.05, 0) is 55.5 Å². The molecular formula is C17H28FN. The largest absolute Gasteiger partial charge is 0.316 e. The van der Waals surface area contributed by atoms with Gasteiger partial charge in [-0.3, -0.25) is 0 Å². The number of nitrogens with one attached hydrogen (secondary N) is 1. The topological polar surface area (TPSA) is 12.0 Å². The molecule has 0 fully saturated rings. The Balaban J connectivity index is 2.48. The summed E-state index contributed by atoms with van der Waals surface area (Å²) in [5.41, 5.74) is 1.12. The Morgan fingerprint density at radius 1 is 1.21 bits per heavy atom.